The van der Waals surface area contributed by atoms with Gasteiger partial charge in [0.15, 0.2) is 10.9 Å². The summed E-state index contributed by atoms with van der Waals surface area (Å²) in [4.78, 5) is 14.8. The molecule has 1 amide bonds. The molecule has 0 atom stereocenters. The molecule has 0 saturated carbocycles. The summed E-state index contributed by atoms with van der Waals surface area (Å²) in [6.45, 7) is 4.90. The van der Waals surface area contributed by atoms with Crippen LogP contribution in [-0.2, 0) is 11.2 Å². The Morgan fingerprint density at radius 2 is 1.93 bits per heavy atom. The molecule has 2 aromatic heterocycles. The predicted octanol–water partition coefficient (Wildman–Crippen LogP) is 4.95. The van der Waals surface area contributed by atoms with E-state index in [2.05, 4.69) is 30.1 Å². The van der Waals surface area contributed by atoms with Gasteiger partial charge in [-0.2, -0.15) is 0 Å². The fourth-order valence-electron chi connectivity index (χ4n) is 3.90. The molecule has 6 nitrogen and oxygen atoms in total. The largest absolute Gasteiger partial charge is 0.453 e. The van der Waals surface area contributed by atoms with Gasteiger partial charge in [0.25, 0.3) is 0 Å². The maximum atomic E-state index is 12.9. The van der Waals surface area contributed by atoms with E-state index in [1.807, 2.05) is 58.0 Å². The molecular formula is C23H22N4O2S. The van der Waals surface area contributed by atoms with Crippen LogP contribution in [0, 0.1) is 0 Å². The van der Waals surface area contributed by atoms with E-state index in [-0.39, 0.29) is 11.9 Å². The summed E-state index contributed by atoms with van der Waals surface area (Å²) in [5.74, 6) is 1.78. The number of anilines is 1. The third-order valence-corrected chi connectivity index (χ3v) is 6.27. The maximum absolute atomic E-state index is 12.9. The number of carbonyl (C=O) groups excluding carboxylic acids is 1. The second-order valence-corrected chi connectivity index (χ2v) is 8.57. The second-order valence-electron chi connectivity index (χ2n) is 7.63. The lowest BCUT2D eigenvalue weighted by Crippen LogP contribution is -2.30. The molecule has 1 aliphatic rings. The lowest BCUT2D eigenvalue weighted by molar-refractivity contribution is -0.116. The molecule has 0 unspecified atom stereocenters. The normalized spacial score (nSPS) is 13.4. The van der Waals surface area contributed by atoms with Gasteiger partial charge >= 0.3 is 0 Å². The molecule has 1 aliphatic heterocycles. The van der Waals surface area contributed by atoms with Crippen molar-refractivity contribution in [3.63, 3.8) is 0 Å². The smallest absolute Gasteiger partial charge is 0.237 e. The van der Waals surface area contributed by atoms with E-state index < -0.39 is 0 Å². The van der Waals surface area contributed by atoms with E-state index in [1.165, 1.54) is 17.3 Å². The van der Waals surface area contributed by atoms with Gasteiger partial charge in [0, 0.05) is 23.7 Å². The van der Waals surface area contributed by atoms with Gasteiger partial charge in [-0.05, 0) is 44.0 Å². The first-order chi connectivity index (χ1) is 14.6. The molecule has 0 N–H and O–H groups in total. The van der Waals surface area contributed by atoms with Crippen molar-refractivity contribution in [1.82, 2.24) is 14.8 Å². The number of para-hydroxylation sites is 2. The molecule has 5 rings (SSSR count). The van der Waals surface area contributed by atoms with E-state index in [4.69, 9.17) is 4.42 Å². The number of hydrogen-bond donors (Lipinski definition) is 0. The summed E-state index contributed by atoms with van der Waals surface area (Å²) in [5, 5.41) is 10.5. The van der Waals surface area contributed by atoms with Crippen LogP contribution in [0.2, 0.25) is 0 Å². The van der Waals surface area contributed by atoms with Crippen molar-refractivity contribution in [2.24, 2.45) is 0 Å². The fraction of sp³-hybridized carbons (Fsp3) is 0.261. The van der Waals surface area contributed by atoms with E-state index >= 15 is 0 Å². The van der Waals surface area contributed by atoms with Crippen LogP contribution >= 0.6 is 11.8 Å². The van der Waals surface area contributed by atoms with E-state index in [0.29, 0.717) is 17.3 Å². The molecular weight excluding hydrogens is 396 g/mol. The van der Waals surface area contributed by atoms with Crippen molar-refractivity contribution in [2.75, 3.05) is 17.2 Å². The van der Waals surface area contributed by atoms with Crippen LogP contribution in [0.1, 0.15) is 25.5 Å². The number of nitrogens with zero attached hydrogens (tertiary/aromatic N) is 4. The predicted molar refractivity (Wildman–Crippen MR) is 119 cm³/mol. The molecule has 7 heteroatoms. The van der Waals surface area contributed by atoms with Crippen LogP contribution < -0.4 is 4.90 Å². The Labute approximate surface area is 178 Å². The minimum absolute atomic E-state index is 0.0912. The monoisotopic (exact) mass is 418 g/mol. The van der Waals surface area contributed by atoms with Gasteiger partial charge in [-0.1, -0.05) is 48.2 Å². The van der Waals surface area contributed by atoms with Gasteiger partial charge in [0.2, 0.25) is 11.7 Å². The standard InChI is InChI=1S/C23H22N4O2S/c1-15(2)27-22(20-13-17-8-4-6-10-19(17)29-20)24-25-23(27)30-14-21(28)26-12-11-16-7-3-5-9-18(16)26/h3-10,13,15H,11-12,14H2,1-2H3. The molecule has 0 fully saturated rings. The average molecular weight is 419 g/mol. The lowest BCUT2D eigenvalue weighted by atomic mass is 10.2. The SMILES string of the molecule is CC(C)n1c(SCC(=O)N2CCc3ccccc32)nnc1-c1cc2ccccc2o1. The zero-order valence-electron chi connectivity index (χ0n) is 16.9. The Bertz CT molecular complexity index is 1190. The molecule has 0 spiro atoms. The van der Waals surface area contributed by atoms with Crippen LogP contribution in [0.15, 0.2) is 64.2 Å². The zero-order chi connectivity index (χ0) is 20.7. The number of benzene rings is 2. The van der Waals surface area contributed by atoms with Gasteiger partial charge in [-0.3, -0.25) is 9.36 Å². The van der Waals surface area contributed by atoms with Gasteiger partial charge in [0.1, 0.15) is 5.58 Å². The van der Waals surface area contributed by atoms with Crippen LogP contribution in [-0.4, -0.2) is 33.0 Å². The summed E-state index contributed by atoms with van der Waals surface area (Å²) < 4.78 is 8.03. The number of thioether (sulfide) groups is 1. The third kappa shape index (κ3) is 3.29. The fourth-order valence-corrected chi connectivity index (χ4v) is 4.85. The second kappa shape index (κ2) is 7.65. The maximum Gasteiger partial charge on any atom is 0.237 e. The molecule has 30 heavy (non-hydrogen) atoms. The molecule has 4 aromatic rings. The van der Waals surface area contributed by atoms with Crippen molar-refractivity contribution < 1.29 is 9.21 Å². The number of aromatic nitrogens is 3. The molecule has 0 saturated heterocycles. The highest BCUT2D eigenvalue weighted by Crippen LogP contribution is 2.32. The minimum atomic E-state index is 0.0912. The highest BCUT2D eigenvalue weighted by molar-refractivity contribution is 7.99. The molecule has 152 valence electrons. The molecule has 0 aliphatic carbocycles. The first-order valence-electron chi connectivity index (χ1n) is 10.1. The van der Waals surface area contributed by atoms with Crippen molar-refractivity contribution in [2.45, 2.75) is 31.5 Å². The topological polar surface area (TPSA) is 64.2 Å². The molecule has 0 radical (unpaired) electrons. The number of amides is 1. The Balaban J connectivity index is 1.38. The summed E-state index contributed by atoms with van der Waals surface area (Å²) >= 11 is 1.42. The van der Waals surface area contributed by atoms with Gasteiger partial charge in [0.05, 0.1) is 5.75 Å². The van der Waals surface area contributed by atoms with E-state index in [9.17, 15) is 4.79 Å². The average Bonchev–Trinajstić information content (AvgIpc) is 3.47. The Morgan fingerprint density at radius 1 is 1.13 bits per heavy atom. The number of carbonyl (C=O) groups is 1. The quantitative estimate of drug-likeness (QED) is 0.429. The van der Waals surface area contributed by atoms with Crippen molar-refractivity contribution >= 4 is 34.3 Å². The van der Waals surface area contributed by atoms with Crippen molar-refractivity contribution in [1.29, 1.82) is 0 Å². The molecule has 0 bridgehead atoms. The van der Waals surface area contributed by atoms with Crippen molar-refractivity contribution in [3.05, 3.63) is 60.2 Å². The third-order valence-electron chi connectivity index (χ3n) is 5.34. The summed E-state index contributed by atoms with van der Waals surface area (Å²) in [6.07, 6.45) is 0.908. The van der Waals surface area contributed by atoms with Gasteiger partial charge in [-0.25, -0.2) is 0 Å². The minimum Gasteiger partial charge on any atom is -0.453 e. The van der Waals surface area contributed by atoms with Crippen LogP contribution in [0.3, 0.4) is 0 Å². The molecule has 3 heterocycles. The highest BCUT2D eigenvalue weighted by atomic mass is 32.2. The number of hydrogen-bond acceptors (Lipinski definition) is 5. The summed E-state index contributed by atoms with van der Waals surface area (Å²) in [6, 6.07) is 18.1. The van der Waals surface area contributed by atoms with Crippen LogP contribution in [0.5, 0.6) is 0 Å². The Hall–Kier alpha value is -3.06. The molecule has 2 aromatic carbocycles. The summed E-state index contributed by atoms with van der Waals surface area (Å²) in [7, 11) is 0. The van der Waals surface area contributed by atoms with E-state index in [0.717, 1.165) is 34.8 Å². The van der Waals surface area contributed by atoms with E-state index in [1.54, 1.807) is 0 Å². The number of furan rings is 1. The van der Waals surface area contributed by atoms with Gasteiger partial charge in [-0.15, -0.1) is 10.2 Å². The van der Waals surface area contributed by atoms with Crippen molar-refractivity contribution in [3.8, 4) is 11.6 Å². The Morgan fingerprint density at radius 3 is 2.77 bits per heavy atom. The highest BCUT2D eigenvalue weighted by Gasteiger charge is 2.26. The van der Waals surface area contributed by atoms with Crippen LogP contribution in [0.25, 0.3) is 22.6 Å². The summed E-state index contributed by atoms with van der Waals surface area (Å²) in [5.41, 5.74) is 3.08. The first kappa shape index (κ1) is 18.9. The number of fused-ring (bicyclic) bond motifs is 2. The Kier molecular flexibility index (Phi) is 4.83. The first-order valence-corrected chi connectivity index (χ1v) is 11.1. The zero-order valence-corrected chi connectivity index (χ0v) is 17.7. The van der Waals surface area contributed by atoms with Gasteiger partial charge < -0.3 is 9.32 Å². The number of rotatable bonds is 5. The van der Waals surface area contributed by atoms with Crippen LogP contribution in [0.4, 0.5) is 5.69 Å². The lowest BCUT2D eigenvalue weighted by Gasteiger charge is -2.17.